The Morgan fingerprint density at radius 3 is 2.89 bits per heavy atom. The van der Waals surface area contributed by atoms with Gasteiger partial charge in [0.15, 0.2) is 0 Å². The summed E-state index contributed by atoms with van der Waals surface area (Å²) in [5.41, 5.74) is 0.908. The molecule has 4 nitrogen and oxygen atoms in total. The molecule has 0 aromatic heterocycles. The van der Waals surface area contributed by atoms with Crippen molar-refractivity contribution in [1.29, 1.82) is 0 Å². The predicted octanol–water partition coefficient (Wildman–Crippen LogP) is 4.01. The van der Waals surface area contributed by atoms with E-state index in [1.165, 1.54) is 6.07 Å². The molecular weight excluding hydrogens is 318 g/mol. The number of nitrogens with zero attached hydrogens (tertiary/aromatic N) is 1. The van der Waals surface area contributed by atoms with Gasteiger partial charge in [-0.05, 0) is 24.0 Å². The van der Waals surface area contributed by atoms with Gasteiger partial charge in [-0.3, -0.25) is 10.1 Å². The maximum atomic E-state index is 10.7. The van der Waals surface area contributed by atoms with E-state index in [0.29, 0.717) is 11.9 Å². The zero-order chi connectivity index (χ0) is 13.4. The van der Waals surface area contributed by atoms with Gasteiger partial charge in [0.05, 0.1) is 11.5 Å². The third kappa shape index (κ3) is 4.86. The van der Waals surface area contributed by atoms with E-state index in [4.69, 9.17) is 4.74 Å². The molecule has 0 unspecified atom stereocenters. The Bertz CT molecular complexity index is 401. The normalized spacial score (nSPS) is 10.3. The lowest BCUT2D eigenvalue weighted by atomic mass is 10.2. The molecule has 1 aromatic rings. The maximum absolute atomic E-state index is 10.7. The summed E-state index contributed by atoms with van der Waals surface area (Å²) in [5, 5.41) is 11.2. The SMILES string of the molecule is CCSCCCOc1ccc([N+](=O)[O-])cc1CBr. The van der Waals surface area contributed by atoms with E-state index in [2.05, 4.69) is 22.9 Å². The molecule has 0 aliphatic heterocycles. The van der Waals surface area contributed by atoms with Gasteiger partial charge in [-0.1, -0.05) is 22.9 Å². The van der Waals surface area contributed by atoms with Gasteiger partial charge in [0.25, 0.3) is 5.69 Å². The first-order valence-electron chi connectivity index (χ1n) is 5.72. The van der Waals surface area contributed by atoms with Crippen molar-refractivity contribution in [2.24, 2.45) is 0 Å². The minimum atomic E-state index is -0.395. The summed E-state index contributed by atoms with van der Waals surface area (Å²) in [6, 6.07) is 4.69. The van der Waals surface area contributed by atoms with E-state index in [1.807, 2.05) is 11.8 Å². The summed E-state index contributed by atoms with van der Waals surface area (Å²) in [4.78, 5) is 10.3. The van der Waals surface area contributed by atoms with Gasteiger partial charge in [-0.25, -0.2) is 0 Å². The summed E-state index contributed by atoms with van der Waals surface area (Å²) >= 11 is 5.20. The number of nitro benzene ring substituents is 1. The van der Waals surface area contributed by atoms with Gasteiger partial charge >= 0.3 is 0 Å². The number of hydrogen-bond acceptors (Lipinski definition) is 4. The molecule has 1 aromatic carbocycles. The van der Waals surface area contributed by atoms with Gasteiger partial charge in [0, 0.05) is 23.0 Å². The van der Waals surface area contributed by atoms with E-state index in [-0.39, 0.29) is 5.69 Å². The van der Waals surface area contributed by atoms with Gasteiger partial charge in [-0.2, -0.15) is 11.8 Å². The molecule has 0 atom stereocenters. The largest absolute Gasteiger partial charge is 0.493 e. The van der Waals surface area contributed by atoms with E-state index < -0.39 is 4.92 Å². The Hall–Kier alpha value is -0.750. The lowest BCUT2D eigenvalue weighted by Crippen LogP contribution is -2.01. The molecule has 0 N–H and O–H groups in total. The fraction of sp³-hybridized carbons (Fsp3) is 0.500. The molecule has 6 heteroatoms. The van der Waals surface area contributed by atoms with Crippen molar-refractivity contribution >= 4 is 33.4 Å². The minimum Gasteiger partial charge on any atom is -0.493 e. The number of thioether (sulfide) groups is 1. The molecule has 0 radical (unpaired) electrons. The first-order valence-corrected chi connectivity index (χ1v) is 8.00. The number of rotatable bonds is 8. The second-order valence-corrected chi connectivity index (χ2v) is 5.54. The average Bonchev–Trinajstić information content (AvgIpc) is 2.38. The van der Waals surface area contributed by atoms with Crippen LogP contribution in [0.2, 0.25) is 0 Å². The van der Waals surface area contributed by atoms with Crippen LogP contribution >= 0.6 is 27.7 Å². The van der Waals surface area contributed by atoms with Crippen molar-refractivity contribution in [3.05, 3.63) is 33.9 Å². The van der Waals surface area contributed by atoms with E-state index in [0.717, 1.165) is 29.2 Å². The fourth-order valence-corrected chi connectivity index (χ4v) is 2.46. The van der Waals surface area contributed by atoms with Crippen molar-refractivity contribution in [3.8, 4) is 5.75 Å². The first-order chi connectivity index (χ1) is 8.69. The third-order valence-corrected chi connectivity index (χ3v) is 3.88. The maximum Gasteiger partial charge on any atom is 0.270 e. The minimum absolute atomic E-state index is 0.0957. The van der Waals surface area contributed by atoms with E-state index in [1.54, 1.807) is 12.1 Å². The van der Waals surface area contributed by atoms with E-state index >= 15 is 0 Å². The number of hydrogen-bond donors (Lipinski definition) is 0. The molecule has 0 heterocycles. The molecule has 0 aliphatic rings. The van der Waals surface area contributed by atoms with Crippen LogP contribution in [0.4, 0.5) is 5.69 Å². The number of nitro groups is 1. The number of ether oxygens (including phenoxy) is 1. The Morgan fingerprint density at radius 2 is 2.28 bits per heavy atom. The summed E-state index contributed by atoms with van der Waals surface area (Å²) in [5.74, 6) is 2.91. The zero-order valence-corrected chi connectivity index (χ0v) is 12.6. The smallest absolute Gasteiger partial charge is 0.270 e. The topological polar surface area (TPSA) is 52.4 Å². The highest BCUT2D eigenvalue weighted by atomic mass is 79.9. The third-order valence-electron chi connectivity index (χ3n) is 2.29. The fourth-order valence-electron chi connectivity index (χ4n) is 1.41. The standard InChI is InChI=1S/C12H16BrNO3S/c1-2-18-7-3-6-17-12-5-4-11(14(15)16)8-10(12)9-13/h4-5,8H,2-3,6-7,9H2,1H3. The van der Waals surface area contributed by atoms with Crippen LogP contribution in [0.5, 0.6) is 5.75 Å². The lowest BCUT2D eigenvalue weighted by Gasteiger charge is -2.09. The van der Waals surface area contributed by atoms with Gasteiger partial charge < -0.3 is 4.74 Å². The monoisotopic (exact) mass is 333 g/mol. The summed E-state index contributed by atoms with van der Waals surface area (Å²) in [6.45, 7) is 2.77. The van der Waals surface area contributed by atoms with Crippen LogP contribution in [0.3, 0.4) is 0 Å². The van der Waals surface area contributed by atoms with Crippen LogP contribution < -0.4 is 4.74 Å². The Labute approximate surface area is 119 Å². The molecular formula is C12H16BrNO3S. The molecule has 0 bridgehead atoms. The highest BCUT2D eigenvalue weighted by Gasteiger charge is 2.10. The van der Waals surface area contributed by atoms with Gasteiger partial charge in [-0.15, -0.1) is 0 Å². The molecule has 18 heavy (non-hydrogen) atoms. The quantitative estimate of drug-likeness (QED) is 0.312. The van der Waals surface area contributed by atoms with Gasteiger partial charge in [0.1, 0.15) is 5.75 Å². The van der Waals surface area contributed by atoms with Crippen LogP contribution in [0.15, 0.2) is 18.2 Å². The van der Waals surface area contributed by atoms with Crippen molar-refractivity contribution < 1.29 is 9.66 Å². The first kappa shape index (κ1) is 15.3. The van der Waals surface area contributed by atoms with Gasteiger partial charge in [0.2, 0.25) is 0 Å². The number of halogens is 1. The van der Waals surface area contributed by atoms with Crippen LogP contribution in [-0.2, 0) is 5.33 Å². The summed E-state index contributed by atoms with van der Waals surface area (Å²) in [7, 11) is 0. The number of non-ortho nitro benzene ring substituents is 1. The summed E-state index contributed by atoms with van der Waals surface area (Å²) in [6.07, 6.45) is 0.983. The second-order valence-electron chi connectivity index (χ2n) is 3.58. The molecule has 0 aliphatic carbocycles. The molecule has 0 amide bonds. The predicted molar refractivity (Wildman–Crippen MR) is 78.8 cm³/mol. The molecule has 0 saturated heterocycles. The Morgan fingerprint density at radius 1 is 1.50 bits per heavy atom. The summed E-state index contributed by atoms with van der Waals surface area (Å²) < 4.78 is 5.64. The Kier molecular flexibility index (Phi) is 7.12. The van der Waals surface area contributed by atoms with Crippen LogP contribution in [-0.4, -0.2) is 23.0 Å². The number of alkyl halides is 1. The molecule has 1 rings (SSSR count). The van der Waals surface area contributed by atoms with Crippen molar-refractivity contribution in [2.45, 2.75) is 18.7 Å². The van der Waals surface area contributed by atoms with Crippen molar-refractivity contribution in [3.63, 3.8) is 0 Å². The molecule has 0 saturated carbocycles. The average molecular weight is 334 g/mol. The van der Waals surface area contributed by atoms with Crippen LogP contribution in [0.1, 0.15) is 18.9 Å². The lowest BCUT2D eigenvalue weighted by molar-refractivity contribution is -0.384. The van der Waals surface area contributed by atoms with E-state index in [9.17, 15) is 10.1 Å². The highest BCUT2D eigenvalue weighted by molar-refractivity contribution is 9.08. The molecule has 100 valence electrons. The van der Waals surface area contributed by atoms with Crippen LogP contribution in [0.25, 0.3) is 0 Å². The molecule has 0 spiro atoms. The molecule has 0 fully saturated rings. The second kappa shape index (κ2) is 8.37. The highest BCUT2D eigenvalue weighted by Crippen LogP contribution is 2.26. The zero-order valence-electron chi connectivity index (χ0n) is 10.2. The Balaban J connectivity index is 2.57. The van der Waals surface area contributed by atoms with Crippen LogP contribution in [0, 0.1) is 10.1 Å². The van der Waals surface area contributed by atoms with Crippen molar-refractivity contribution in [2.75, 3.05) is 18.1 Å². The number of benzene rings is 1. The van der Waals surface area contributed by atoms with Crippen molar-refractivity contribution in [1.82, 2.24) is 0 Å².